The second-order valence-electron chi connectivity index (χ2n) is 8.12. The van der Waals surface area contributed by atoms with Crippen LogP contribution in [0.4, 0.5) is 0 Å². The highest BCUT2D eigenvalue weighted by atomic mass is 31.2. The normalized spacial score (nSPS) is 12.7. The molecule has 2 aromatic rings. The van der Waals surface area contributed by atoms with Crippen LogP contribution in [-0.4, -0.2) is 72.6 Å². The summed E-state index contributed by atoms with van der Waals surface area (Å²) in [5, 5.41) is 31.1. The van der Waals surface area contributed by atoms with Gasteiger partial charge in [-0.05, 0) is 53.8 Å². The van der Waals surface area contributed by atoms with Gasteiger partial charge in [0.05, 0.1) is 37.7 Å². The van der Waals surface area contributed by atoms with Crippen molar-refractivity contribution in [1.82, 2.24) is 5.32 Å². The Morgan fingerprint density at radius 2 is 1.18 bits per heavy atom. The number of benzene rings is 2. The molecule has 34 heavy (non-hydrogen) atoms. The van der Waals surface area contributed by atoms with E-state index in [1.54, 1.807) is 42.5 Å². The summed E-state index contributed by atoms with van der Waals surface area (Å²) < 4.78 is 28.3. The first-order chi connectivity index (χ1) is 15.9. The minimum absolute atomic E-state index is 0.0668. The van der Waals surface area contributed by atoms with Gasteiger partial charge in [-0.15, -0.1) is 0 Å². The van der Waals surface area contributed by atoms with Crippen molar-refractivity contribution in [2.24, 2.45) is 0 Å². The van der Waals surface area contributed by atoms with E-state index in [4.69, 9.17) is 24.3 Å². The minimum Gasteiger partial charge on any atom is -0.457 e. The lowest BCUT2D eigenvalue weighted by Crippen LogP contribution is -2.54. The zero-order chi connectivity index (χ0) is 25.4. The van der Waals surface area contributed by atoms with Crippen LogP contribution in [0.1, 0.15) is 16.7 Å². The quantitative estimate of drug-likeness (QED) is 0.164. The van der Waals surface area contributed by atoms with Crippen molar-refractivity contribution in [3.05, 3.63) is 59.2 Å². The lowest BCUT2D eigenvalue weighted by molar-refractivity contribution is 0.0414. The van der Waals surface area contributed by atoms with Crippen molar-refractivity contribution in [1.29, 1.82) is 0 Å². The first-order valence-electron chi connectivity index (χ1n) is 10.4. The molecule has 0 fully saturated rings. The third kappa shape index (κ3) is 9.93. The Kier molecular flexibility index (Phi) is 10.4. The zero-order valence-electron chi connectivity index (χ0n) is 18.4. The van der Waals surface area contributed by atoms with Crippen LogP contribution in [0.2, 0.25) is 0 Å². The van der Waals surface area contributed by atoms with E-state index in [0.717, 1.165) is 5.56 Å². The van der Waals surface area contributed by atoms with Crippen LogP contribution < -0.4 is 10.1 Å². The molecule has 0 saturated carbocycles. The van der Waals surface area contributed by atoms with Crippen LogP contribution in [0.5, 0.6) is 11.5 Å². The summed E-state index contributed by atoms with van der Waals surface area (Å²) >= 11 is 0. The summed E-state index contributed by atoms with van der Waals surface area (Å²) in [7, 11) is -8.44. The third-order valence-corrected chi connectivity index (χ3v) is 6.76. The van der Waals surface area contributed by atoms with Gasteiger partial charge in [-0.2, -0.15) is 0 Å². The second kappa shape index (κ2) is 12.4. The topological polar surface area (TPSA) is 197 Å². The van der Waals surface area contributed by atoms with Gasteiger partial charge in [-0.1, -0.05) is 18.2 Å². The molecule has 0 atom stereocenters. The fourth-order valence-electron chi connectivity index (χ4n) is 3.04. The Morgan fingerprint density at radius 1 is 0.706 bits per heavy atom. The fraction of sp³-hybridized carbons (Fsp3) is 0.429. The molecule has 2 aromatic carbocycles. The summed E-state index contributed by atoms with van der Waals surface area (Å²) in [5.74, 6) is 0.809. The fourth-order valence-corrected chi connectivity index (χ4v) is 4.14. The standard InChI is InChI=1S/C21H31NO10P2/c23-13-21(14-24,15-25)22-12-16-1-3-19(4-2-16)32-20-10-17(5-7-33(26,27)28)9-18(11-20)6-8-34(29,30)31/h1-4,9-11,22-25H,5-8,12-15H2,(H2,26,27,28)(H2,29,30,31). The number of hydrogen-bond donors (Lipinski definition) is 8. The van der Waals surface area contributed by atoms with Gasteiger partial charge in [0.1, 0.15) is 11.5 Å². The molecule has 8 N–H and O–H groups in total. The Bertz CT molecular complexity index is 962. The average molecular weight is 519 g/mol. The van der Waals surface area contributed by atoms with Crippen molar-refractivity contribution < 1.29 is 48.8 Å². The molecule has 0 aliphatic carbocycles. The lowest BCUT2D eigenvalue weighted by Gasteiger charge is -2.28. The molecule has 0 spiro atoms. The first kappa shape index (κ1) is 28.6. The van der Waals surface area contributed by atoms with Crippen LogP contribution in [-0.2, 0) is 28.5 Å². The number of aliphatic hydroxyl groups is 3. The van der Waals surface area contributed by atoms with Gasteiger partial charge >= 0.3 is 15.2 Å². The van der Waals surface area contributed by atoms with E-state index < -0.39 is 40.6 Å². The average Bonchev–Trinajstić information content (AvgIpc) is 2.78. The molecule has 0 bridgehead atoms. The predicted octanol–water partition coefficient (Wildman–Crippen LogP) is 0.725. The lowest BCUT2D eigenvalue weighted by atomic mass is 10.0. The molecule has 0 unspecified atom stereocenters. The van der Waals surface area contributed by atoms with Crippen LogP contribution in [0.15, 0.2) is 42.5 Å². The third-order valence-electron chi connectivity index (χ3n) is 5.14. The predicted molar refractivity (Wildman–Crippen MR) is 125 cm³/mol. The van der Waals surface area contributed by atoms with E-state index in [9.17, 15) is 24.4 Å². The van der Waals surface area contributed by atoms with E-state index >= 15 is 0 Å². The van der Waals surface area contributed by atoms with Crippen LogP contribution in [0.3, 0.4) is 0 Å². The van der Waals surface area contributed by atoms with Gasteiger partial charge in [-0.25, -0.2) is 0 Å². The van der Waals surface area contributed by atoms with E-state index in [1.165, 1.54) is 0 Å². The summed E-state index contributed by atoms with van der Waals surface area (Å²) in [6.45, 7) is -1.05. The van der Waals surface area contributed by atoms with Gasteiger partial charge in [0.15, 0.2) is 0 Å². The molecular formula is C21H31NO10P2. The van der Waals surface area contributed by atoms with Crippen molar-refractivity contribution in [2.75, 3.05) is 32.1 Å². The molecule has 0 aliphatic rings. The van der Waals surface area contributed by atoms with Crippen molar-refractivity contribution in [3.8, 4) is 11.5 Å². The Balaban J connectivity index is 2.15. The number of aliphatic hydroxyl groups excluding tert-OH is 3. The maximum absolute atomic E-state index is 11.2. The largest absolute Gasteiger partial charge is 0.457 e. The van der Waals surface area contributed by atoms with E-state index in [2.05, 4.69) is 5.32 Å². The van der Waals surface area contributed by atoms with Gasteiger partial charge in [0.25, 0.3) is 0 Å². The molecule has 0 heterocycles. The van der Waals surface area contributed by atoms with Gasteiger partial charge in [-0.3, -0.25) is 9.13 Å². The Labute approximate surface area is 197 Å². The number of rotatable bonds is 14. The second-order valence-corrected chi connectivity index (χ2v) is 11.7. The highest BCUT2D eigenvalue weighted by molar-refractivity contribution is 7.52. The number of hydrogen-bond acceptors (Lipinski definition) is 7. The van der Waals surface area contributed by atoms with Crippen LogP contribution >= 0.6 is 15.2 Å². The number of ether oxygens (including phenoxy) is 1. The molecule has 2 rings (SSSR count). The summed E-state index contributed by atoms with van der Waals surface area (Å²) in [6.07, 6.45) is -0.602. The van der Waals surface area contributed by atoms with E-state index in [0.29, 0.717) is 22.6 Å². The molecule has 0 aliphatic heterocycles. The van der Waals surface area contributed by atoms with Crippen molar-refractivity contribution in [2.45, 2.75) is 24.9 Å². The van der Waals surface area contributed by atoms with E-state index in [1.807, 2.05) is 0 Å². The monoisotopic (exact) mass is 519 g/mol. The summed E-state index contributed by atoms with van der Waals surface area (Å²) in [6, 6.07) is 11.7. The molecular weight excluding hydrogens is 488 g/mol. The molecule has 11 nitrogen and oxygen atoms in total. The molecule has 13 heteroatoms. The summed E-state index contributed by atoms with van der Waals surface area (Å²) in [5.41, 5.74) is 0.725. The maximum atomic E-state index is 11.2. The smallest absolute Gasteiger partial charge is 0.325 e. The molecule has 0 saturated heterocycles. The SMILES string of the molecule is O=P(O)(O)CCc1cc(CCP(=O)(O)O)cc(Oc2ccc(CNC(CO)(CO)CO)cc2)c1. The zero-order valence-corrected chi connectivity index (χ0v) is 20.2. The molecule has 0 aromatic heterocycles. The summed E-state index contributed by atoms with van der Waals surface area (Å²) in [4.78, 5) is 36.6. The minimum atomic E-state index is -4.22. The Morgan fingerprint density at radius 3 is 1.59 bits per heavy atom. The van der Waals surface area contributed by atoms with Crippen molar-refractivity contribution in [3.63, 3.8) is 0 Å². The van der Waals surface area contributed by atoms with Crippen LogP contribution in [0, 0.1) is 0 Å². The van der Waals surface area contributed by atoms with E-state index in [-0.39, 0.29) is 31.7 Å². The number of nitrogens with one attached hydrogen (secondary N) is 1. The van der Waals surface area contributed by atoms with Crippen LogP contribution in [0.25, 0.3) is 0 Å². The van der Waals surface area contributed by atoms with Gasteiger partial charge < -0.3 is 44.9 Å². The first-order valence-corrected chi connectivity index (χ1v) is 14.0. The number of aryl methyl sites for hydroxylation is 2. The molecule has 0 radical (unpaired) electrons. The Hall–Kier alpha value is -1.62. The van der Waals surface area contributed by atoms with Gasteiger partial charge in [0, 0.05) is 6.54 Å². The van der Waals surface area contributed by atoms with Gasteiger partial charge in [0.2, 0.25) is 0 Å². The highest BCUT2D eigenvalue weighted by Crippen LogP contribution is 2.37. The van der Waals surface area contributed by atoms with Crippen molar-refractivity contribution >= 4 is 15.2 Å². The maximum Gasteiger partial charge on any atom is 0.325 e. The highest BCUT2D eigenvalue weighted by Gasteiger charge is 2.27. The molecule has 0 amide bonds. The molecule has 190 valence electrons.